The number of rotatable bonds is 16. The van der Waals surface area contributed by atoms with Crippen molar-refractivity contribution in [3.05, 3.63) is 0 Å². The molecule has 0 aromatic heterocycles. The van der Waals surface area contributed by atoms with Gasteiger partial charge >= 0.3 is 0 Å². The minimum Gasteiger partial charge on any atom is -0.394 e. The van der Waals surface area contributed by atoms with Gasteiger partial charge < -0.3 is 19.3 Å². The smallest absolute Gasteiger partial charge is 0.0701 e. The summed E-state index contributed by atoms with van der Waals surface area (Å²) in [6.45, 7) is 8.22. The minimum absolute atomic E-state index is 0.0696. The number of hydrogen-bond donors (Lipinski definition) is 1. The molecule has 4 nitrogen and oxygen atoms in total. The maximum absolute atomic E-state index is 8.51. The fourth-order valence-corrected chi connectivity index (χ4v) is 2.13. The lowest BCUT2D eigenvalue weighted by atomic mass is 9.94. The van der Waals surface area contributed by atoms with Gasteiger partial charge in [-0.2, -0.15) is 0 Å². The van der Waals surface area contributed by atoms with E-state index in [-0.39, 0.29) is 6.61 Å². The molecule has 0 aromatic rings. The van der Waals surface area contributed by atoms with Crippen LogP contribution in [0.5, 0.6) is 0 Å². The second-order valence-electron chi connectivity index (χ2n) is 5.12. The number of aliphatic hydroxyl groups is 1. The fraction of sp³-hybridized carbons (Fsp3) is 1.00. The van der Waals surface area contributed by atoms with E-state index in [2.05, 4.69) is 13.8 Å². The van der Waals surface area contributed by atoms with Crippen LogP contribution >= 0.6 is 0 Å². The molecule has 0 saturated carbocycles. The molecule has 4 heteroatoms. The normalized spacial score (nSPS) is 12.8. The Hall–Kier alpha value is -0.160. The maximum Gasteiger partial charge on any atom is 0.0701 e. The largest absolute Gasteiger partial charge is 0.394 e. The molecule has 0 radical (unpaired) electrons. The summed E-state index contributed by atoms with van der Waals surface area (Å²) in [4.78, 5) is 0. The van der Waals surface area contributed by atoms with Gasteiger partial charge in [0.2, 0.25) is 0 Å². The quantitative estimate of drug-likeness (QED) is 0.444. The van der Waals surface area contributed by atoms with Crippen LogP contribution in [0.15, 0.2) is 0 Å². The highest BCUT2D eigenvalue weighted by Crippen LogP contribution is 2.18. The van der Waals surface area contributed by atoms with E-state index in [9.17, 15) is 0 Å². The summed E-state index contributed by atoms with van der Waals surface area (Å²) in [5.74, 6) is 0.874. The van der Waals surface area contributed by atoms with Crippen LogP contribution in [0.3, 0.4) is 0 Å². The highest BCUT2D eigenvalue weighted by Gasteiger charge is 2.05. The molecule has 0 aliphatic heterocycles. The number of aliphatic hydroxyl groups excluding tert-OH is 1. The molecular formula is C16H34O4. The zero-order valence-corrected chi connectivity index (χ0v) is 13.4. The van der Waals surface area contributed by atoms with Gasteiger partial charge in [0, 0.05) is 6.61 Å². The Labute approximate surface area is 124 Å². The number of unbranched alkanes of at least 4 members (excludes halogenated alkanes) is 1. The first-order chi connectivity index (χ1) is 9.85. The summed E-state index contributed by atoms with van der Waals surface area (Å²) >= 11 is 0. The van der Waals surface area contributed by atoms with E-state index in [1.807, 2.05) is 0 Å². The van der Waals surface area contributed by atoms with Crippen LogP contribution in [0.2, 0.25) is 0 Å². The summed E-state index contributed by atoms with van der Waals surface area (Å²) in [6, 6.07) is 0. The number of hydrogen-bond acceptors (Lipinski definition) is 4. The lowest BCUT2D eigenvalue weighted by Crippen LogP contribution is -2.11. The van der Waals surface area contributed by atoms with Crippen LogP contribution in [-0.4, -0.2) is 51.4 Å². The molecule has 0 aliphatic rings. The topological polar surface area (TPSA) is 47.9 Å². The van der Waals surface area contributed by atoms with Crippen molar-refractivity contribution in [3.63, 3.8) is 0 Å². The zero-order valence-electron chi connectivity index (χ0n) is 13.4. The van der Waals surface area contributed by atoms with Gasteiger partial charge in [0.1, 0.15) is 0 Å². The van der Waals surface area contributed by atoms with Crippen molar-refractivity contribution in [3.8, 4) is 0 Å². The van der Waals surface area contributed by atoms with E-state index in [4.69, 9.17) is 19.3 Å². The Bertz CT molecular complexity index is 176. The van der Waals surface area contributed by atoms with Crippen LogP contribution in [0.1, 0.15) is 52.4 Å². The van der Waals surface area contributed by atoms with Gasteiger partial charge in [-0.25, -0.2) is 0 Å². The molecule has 0 fully saturated rings. The van der Waals surface area contributed by atoms with Crippen molar-refractivity contribution in [2.24, 2.45) is 5.92 Å². The molecule has 122 valence electrons. The van der Waals surface area contributed by atoms with E-state index in [0.717, 1.165) is 18.9 Å². The van der Waals surface area contributed by atoms with Crippen molar-refractivity contribution in [2.75, 3.05) is 46.2 Å². The van der Waals surface area contributed by atoms with E-state index in [1.54, 1.807) is 0 Å². The third-order valence-corrected chi connectivity index (χ3v) is 3.42. The molecule has 0 aliphatic carbocycles. The number of ether oxygens (including phenoxy) is 3. The fourth-order valence-electron chi connectivity index (χ4n) is 2.13. The van der Waals surface area contributed by atoms with Gasteiger partial charge in [-0.1, -0.05) is 39.5 Å². The van der Waals surface area contributed by atoms with Crippen LogP contribution in [0, 0.1) is 5.92 Å². The average molecular weight is 290 g/mol. The predicted molar refractivity (Wildman–Crippen MR) is 82.1 cm³/mol. The first kappa shape index (κ1) is 19.8. The molecule has 0 rings (SSSR count). The van der Waals surface area contributed by atoms with E-state index < -0.39 is 0 Å². The molecule has 0 saturated heterocycles. The summed E-state index contributed by atoms with van der Waals surface area (Å²) in [6.07, 6.45) is 7.74. The SMILES string of the molecule is CCCCC(CC)CCCOCCOCCOCCO. The molecule has 1 unspecified atom stereocenters. The van der Waals surface area contributed by atoms with Gasteiger partial charge in [0.05, 0.1) is 39.6 Å². The van der Waals surface area contributed by atoms with Crippen LogP contribution in [0.25, 0.3) is 0 Å². The van der Waals surface area contributed by atoms with Gasteiger partial charge in [-0.15, -0.1) is 0 Å². The van der Waals surface area contributed by atoms with Crippen molar-refractivity contribution in [1.29, 1.82) is 0 Å². The molecular weight excluding hydrogens is 256 g/mol. The average Bonchev–Trinajstić information content (AvgIpc) is 2.48. The Morgan fingerprint density at radius 1 is 0.750 bits per heavy atom. The highest BCUT2D eigenvalue weighted by atomic mass is 16.5. The van der Waals surface area contributed by atoms with Crippen molar-refractivity contribution < 1.29 is 19.3 Å². The lowest BCUT2D eigenvalue weighted by molar-refractivity contribution is 0.00683. The van der Waals surface area contributed by atoms with Gasteiger partial charge in [0.25, 0.3) is 0 Å². The van der Waals surface area contributed by atoms with Gasteiger partial charge in [-0.3, -0.25) is 0 Å². The maximum atomic E-state index is 8.51. The van der Waals surface area contributed by atoms with Crippen LogP contribution in [-0.2, 0) is 14.2 Å². The van der Waals surface area contributed by atoms with Crippen molar-refractivity contribution >= 4 is 0 Å². The monoisotopic (exact) mass is 290 g/mol. The van der Waals surface area contributed by atoms with Gasteiger partial charge in [-0.05, 0) is 18.8 Å². The molecule has 0 aromatic carbocycles. The van der Waals surface area contributed by atoms with Crippen molar-refractivity contribution in [1.82, 2.24) is 0 Å². The van der Waals surface area contributed by atoms with Crippen molar-refractivity contribution in [2.45, 2.75) is 52.4 Å². The third-order valence-electron chi connectivity index (χ3n) is 3.42. The lowest BCUT2D eigenvalue weighted by Gasteiger charge is -2.14. The minimum atomic E-state index is 0.0696. The Kier molecular flexibility index (Phi) is 16.8. The third kappa shape index (κ3) is 14.3. The molecule has 1 atom stereocenters. The van der Waals surface area contributed by atoms with E-state index >= 15 is 0 Å². The van der Waals surface area contributed by atoms with E-state index in [1.165, 1.54) is 32.1 Å². The predicted octanol–water partition coefficient (Wildman–Crippen LogP) is 3.03. The summed E-state index contributed by atoms with van der Waals surface area (Å²) in [5.41, 5.74) is 0. The van der Waals surface area contributed by atoms with Gasteiger partial charge in [0.15, 0.2) is 0 Å². The first-order valence-corrected chi connectivity index (χ1v) is 8.19. The Balaban J connectivity index is 3.15. The van der Waals surface area contributed by atoms with E-state index in [0.29, 0.717) is 33.0 Å². The second kappa shape index (κ2) is 16.9. The molecule has 0 bridgehead atoms. The molecule has 1 N–H and O–H groups in total. The van der Waals surface area contributed by atoms with Crippen LogP contribution in [0.4, 0.5) is 0 Å². The highest BCUT2D eigenvalue weighted by molar-refractivity contribution is 4.57. The first-order valence-electron chi connectivity index (χ1n) is 8.19. The second-order valence-corrected chi connectivity index (χ2v) is 5.12. The standard InChI is InChI=1S/C16H34O4/c1-3-5-7-16(4-2)8-6-10-18-12-14-20-15-13-19-11-9-17/h16-17H,3-15H2,1-2H3. The zero-order chi connectivity index (χ0) is 14.9. The Morgan fingerprint density at radius 2 is 1.30 bits per heavy atom. The molecule has 0 amide bonds. The summed E-state index contributed by atoms with van der Waals surface area (Å²) < 4.78 is 16.0. The summed E-state index contributed by atoms with van der Waals surface area (Å²) in [7, 11) is 0. The Morgan fingerprint density at radius 3 is 1.85 bits per heavy atom. The molecule has 0 spiro atoms. The molecule has 20 heavy (non-hydrogen) atoms. The molecule has 0 heterocycles. The summed E-state index contributed by atoms with van der Waals surface area (Å²) in [5, 5.41) is 8.51. The van der Waals surface area contributed by atoms with Crippen LogP contribution < -0.4 is 0 Å².